The highest BCUT2D eigenvalue weighted by atomic mass is 16.3. The third kappa shape index (κ3) is 3.43. The van der Waals surface area contributed by atoms with Gasteiger partial charge in [0.05, 0.1) is 12.3 Å². The molecule has 1 aliphatic heterocycles. The summed E-state index contributed by atoms with van der Waals surface area (Å²) in [6, 6.07) is 10.0. The Morgan fingerprint density at radius 3 is 3.00 bits per heavy atom. The molecule has 1 aromatic heterocycles. The molecule has 0 fully saturated rings. The number of aliphatic hydroxyl groups excluding tert-OH is 1. The van der Waals surface area contributed by atoms with Gasteiger partial charge in [0.2, 0.25) is 0 Å². The highest BCUT2D eigenvalue weighted by molar-refractivity contribution is 5.35. The monoisotopic (exact) mass is 286 g/mol. The molecular formula is C16H22N4O. The van der Waals surface area contributed by atoms with Gasteiger partial charge in [-0.15, -0.1) is 0 Å². The summed E-state index contributed by atoms with van der Waals surface area (Å²) >= 11 is 0. The predicted molar refractivity (Wildman–Crippen MR) is 83.2 cm³/mol. The van der Waals surface area contributed by atoms with Crippen LogP contribution in [0.15, 0.2) is 36.5 Å². The molecule has 0 spiro atoms. The maximum absolute atomic E-state index is 10.2. The van der Waals surface area contributed by atoms with E-state index in [4.69, 9.17) is 0 Å². The molecule has 0 amide bonds. The van der Waals surface area contributed by atoms with Gasteiger partial charge in [0.15, 0.2) is 0 Å². The SMILES string of the molecule is Cc1ccc(C(O)CNCC2CNc3ccnn3C2)cc1. The lowest BCUT2D eigenvalue weighted by atomic mass is 10.1. The number of hydrogen-bond donors (Lipinski definition) is 3. The number of nitrogens with one attached hydrogen (secondary N) is 2. The second-order valence-corrected chi connectivity index (χ2v) is 5.73. The van der Waals surface area contributed by atoms with E-state index in [2.05, 4.69) is 15.7 Å². The fourth-order valence-corrected chi connectivity index (χ4v) is 2.65. The van der Waals surface area contributed by atoms with Crippen LogP contribution >= 0.6 is 0 Å². The van der Waals surface area contributed by atoms with Crippen molar-refractivity contribution in [2.24, 2.45) is 5.92 Å². The second kappa shape index (κ2) is 6.28. The molecule has 0 radical (unpaired) electrons. The number of hydrogen-bond acceptors (Lipinski definition) is 4. The minimum absolute atomic E-state index is 0.456. The summed E-state index contributed by atoms with van der Waals surface area (Å²) in [5.41, 5.74) is 2.17. The van der Waals surface area contributed by atoms with Gasteiger partial charge < -0.3 is 15.7 Å². The number of aliphatic hydroxyl groups is 1. The largest absolute Gasteiger partial charge is 0.387 e. The van der Waals surface area contributed by atoms with Crippen LogP contribution in [0.5, 0.6) is 0 Å². The lowest BCUT2D eigenvalue weighted by molar-refractivity contribution is 0.172. The van der Waals surface area contributed by atoms with Gasteiger partial charge in [0, 0.05) is 38.2 Å². The maximum atomic E-state index is 10.2. The Morgan fingerprint density at radius 2 is 2.19 bits per heavy atom. The van der Waals surface area contributed by atoms with Gasteiger partial charge in [-0.2, -0.15) is 5.10 Å². The molecule has 2 atom stereocenters. The van der Waals surface area contributed by atoms with Crippen LogP contribution in [0.4, 0.5) is 5.82 Å². The Labute approximate surface area is 125 Å². The van der Waals surface area contributed by atoms with Crippen LogP contribution in [0, 0.1) is 12.8 Å². The van der Waals surface area contributed by atoms with E-state index >= 15 is 0 Å². The molecule has 3 rings (SSSR count). The fourth-order valence-electron chi connectivity index (χ4n) is 2.65. The van der Waals surface area contributed by atoms with Crippen molar-refractivity contribution in [2.75, 3.05) is 25.0 Å². The van der Waals surface area contributed by atoms with Crippen molar-refractivity contribution in [1.82, 2.24) is 15.1 Å². The molecule has 1 aliphatic rings. The zero-order valence-electron chi connectivity index (χ0n) is 12.3. The quantitative estimate of drug-likeness (QED) is 0.780. The van der Waals surface area contributed by atoms with E-state index < -0.39 is 6.10 Å². The van der Waals surface area contributed by atoms with Gasteiger partial charge in [0.25, 0.3) is 0 Å². The van der Waals surface area contributed by atoms with Crippen molar-refractivity contribution < 1.29 is 5.11 Å². The van der Waals surface area contributed by atoms with Crippen molar-refractivity contribution in [3.8, 4) is 0 Å². The molecule has 1 aromatic carbocycles. The molecule has 2 heterocycles. The Balaban J connectivity index is 1.45. The normalized spacial score (nSPS) is 18.9. The van der Waals surface area contributed by atoms with Crippen molar-refractivity contribution in [1.29, 1.82) is 0 Å². The third-order valence-corrected chi connectivity index (χ3v) is 3.95. The highest BCUT2D eigenvalue weighted by Crippen LogP contribution is 2.16. The van der Waals surface area contributed by atoms with E-state index in [-0.39, 0.29) is 0 Å². The van der Waals surface area contributed by atoms with Crippen molar-refractivity contribution in [3.05, 3.63) is 47.7 Å². The number of fused-ring (bicyclic) bond motifs is 1. The summed E-state index contributed by atoms with van der Waals surface area (Å²) in [5.74, 6) is 1.58. The van der Waals surface area contributed by atoms with Crippen LogP contribution in [0.3, 0.4) is 0 Å². The smallest absolute Gasteiger partial charge is 0.124 e. The molecular weight excluding hydrogens is 264 g/mol. The van der Waals surface area contributed by atoms with E-state index in [9.17, 15) is 5.11 Å². The van der Waals surface area contributed by atoms with E-state index in [1.165, 1.54) is 5.56 Å². The molecule has 2 aromatic rings. The van der Waals surface area contributed by atoms with Crippen LogP contribution < -0.4 is 10.6 Å². The lowest BCUT2D eigenvalue weighted by Crippen LogP contribution is -2.36. The summed E-state index contributed by atoms with van der Waals surface area (Å²) in [5, 5.41) is 21.2. The first kappa shape index (κ1) is 14.1. The van der Waals surface area contributed by atoms with Crippen LogP contribution in [0.2, 0.25) is 0 Å². The Bertz CT molecular complexity index is 578. The van der Waals surface area contributed by atoms with Gasteiger partial charge >= 0.3 is 0 Å². The Morgan fingerprint density at radius 1 is 1.38 bits per heavy atom. The van der Waals surface area contributed by atoms with Crippen molar-refractivity contribution in [3.63, 3.8) is 0 Å². The van der Waals surface area contributed by atoms with Gasteiger partial charge in [-0.05, 0) is 12.5 Å². The number of rotatable bonds is 5. The minimum atomic E-state index is -0.456. The molecule has 0 bridgehead atoms. The van der Waals surface area contributed by atoms with E-state index in [0.29, 0.717) is 12.5 Å². The summed E-state index contributed by atoms with van der Waals surface area (Å²) in [7, 11) is 0. The maximum Gasteiger partial charge on any atom is 0.124 e. The minimum Gasteiger partial charge on any atom is -0.387 e. The molecule has 2 unspecified atom stereocenters. The first-order chi connectivity index (χ1) is 10.2. The molecule has 3 N–H and O–H groups in total. The first-order valence-corrected chi connectivity index (χ1v) is 7.43. The van der Waals surface area contributed by atoms with Crippen LogP contribution in [-0.4, -0.2) is 34.5 Å². The van der Waals surface area contributed by atoms with Crippen LogP contribution in [0.1, 0.15) is 17.2 Å². The van der Waals surface area contributed by atoms with Crippen LogP contribution in [0.25, 0.3) is 0 Å². The predicted octanol–water partition coefficient (Wildman–Crippen LogP) is 1.56. The Hall–Kier alpha value is -1.85. The average molecular weight is 286 g/mol. The number of aryl methyl sites for hydroxylation is 1. The number of benzene rings is 1. The molecule has 21 heavy (non-hydrogen) atoms. The zero-order chi connectivity index (χ0) is 14.7. The molecule has 112 valence electrons. The van der Waals surface area contributed by atoms with Gasteiger partial charge in [-0.1, -0.05) is 29.8 Å². The molecule has 0 aliphatic carbocycles. The molecule has 5 nitrogen and oxygen atoms in total. The number of nitrogens with zero attached hydrogens (tertiary/aromatic N) is 2. The molecule has 0 saturated carbocycles. The van der Waals surface area contributed by atoms with Crippen LogP contribution in [-0.2, 0) is 6.54 Å². The molecule has 5 heteroatoms. The van der Waals surface area contributed by atoms with Crippen molar-refractivity contribution >= 4 is 5.82 Å². The number of aromatic nitrogens is 2. The average Bonchev–Trinajstić information content (AvgIpc) is 2.95. The summed E-state index contributed by atoms with van der Waals surface area (Å²) in [6.07, 6.45) is 1.36. The summed E-state index contributed by atoms with van der Waals surface area (Å²) < 4.78 is 1.99. The molecule has 0 saturated heterocycles. The van der Waals surface area contributed by atoms with Gasteiger partial charge in [0.1, 0.15) is 5.82 Å². The van der Waals surface area contributed by atoms with E-state index in [0.717, 1.165) is 31.0 Å². The van der Waals surface area contributed by atoms with E-state index in [1.807, 2.05) is 48.1 Å². The van der Waals surface area contributed by atoms with E-state index in [1.54, 1.807) is 0 Å². The van der Waals surface area contributed by atoms with Gasteiger partial charge in [-0.3, -0.25) is 0 Å². The fraction of sp³-hybridized carbons (Fsp3) is 0.438. The van der Waals surface area contributed by atoms with Gasteiger partial charge in [-0.25, -0.2) is 4.68 Å². The Kier molecular flexibility index (Phi) is 4.22. The topological polar surface area (TPSA) is 62.1 Å². The number of anilines is 1. The third-order valence-electron chi connectivity index (χ3n) is 3.95. The summed E-state index contributed by atoms with van der Waals surface area (Å²) in [4.78, 5) is 0. The second-order valence-electron chi connectivity index (χ2n) is 5.73. The highest BCUT2D eigenvalue weighted by Gasteiger charge is 2.18. The summed E-state index contributed by atoms with van der Waals surface area (Å²) in [6.45, 7) is 5.36. The standard InChI is InChI=1S/C16H22N4O/c1-12-2-4-14(5-3-12)15(21)10-17-8-13-9-18-16-6-7-19-20(16)11-13/h2-7,13,15,17-18,21H,8-11H2,1H3. The zero-order valence-corrected chi connectivity index (χ0v) is 12.3. The van der Waals surface area contributed by atoms with Crippen molar-refractivity contribution in [2.45, 2.75) is 19.6 Å². The first-order valence-electron chi connectivity index (χ1n) is 7.43. The lowest BCUT2D eigenvalue weighted by Gasteiger charge is -2.25.